The lowest BCUT2D eigenvalue weighted by Gasteiger charge is -1.79. The van der Waals surface area contributed by atoms with Gasteiger partial charge in [0.2, 0.25) is 0 Å². The van der Waals surface area contributed by atoms with E-state index in [2.05, 4.69) is 71.9 Å². The molecule has 0 bridgehead atoms. The highest BCUT2D eigenvalue weighted by atomic mass is 15.3. The van der Waals surface area contributed by atoms with Crippen LogP contribution in [0, 0.1) is 11.8 Å². The average Bonchev–Trinajstić information content (AvgIpc) is 2.42. The van der Waals surface area contributed by atoms with Crippen molar-refractivity contribution < 1.29 is 0 Å². The van der Waals surface area contributed by atoms with Crippen molar-refractivity contribution >= 4 is 0 Å². The Bertz CT molecular complexity index is 256. The zero-order valence-electron chi connectivity index (χ0n) is 13.3. The molecule has 6 nitrogen and oxygen atoms in total. The van der Waals surface area contributed by atoms with E-state index in [0.717, 1.165) is 11.8 Å². The van der Waals surface area contributed by atoms with Gasteiger partial charge in [0.25, 0.3) is 0 Å². The third kappa shape index (κ3) is 36.0. The molecule has 112 valence electrons. The number of aromatic nitrogens is 6. The Hall–Kier alpha value is -1.98. The summed E-state index contributed by atoms with van der Waals surface area (Å²) in [4.78, 5) is 10.7. The number of rotatable bonds is 0. The molecule has 2 aromatic heterocycles. The molecule has 0 unspecified atom stereocenters. The summed E-state index contributed by atoms with van der Waals surface area (Å²) in [7, 11) is 0. The predicted octanol–water partition coefficient (Wildman–Crippen LogP) is 3.07. The van der Waals surface area contributed by atoms with Gasteiger partial charge in [-0.25, -0.2) is 15.0 Å². The van der Waals surface area contributed by atoms with Gasteiger partial charge in [-0.15, -0.1) is 10.2 Å². The zero-order valence-corrected chi connectivity index (χ0v) is 13.3. The van der Waals surface area contributed by atoms with Gasteiger partial charge in [0.05, 0.1) is 12.4 Å². The summed E-state index contributed by atoms with van der Waals surface area (Å²) in [6.45, 7) is 13.0. The molecule has 0 aliphatic carbocycles. The number of nitrogens with zero attached hydrogens (tertiary/aromatic N) is 6. The molecule has 2 aromatic rings. The highest BCUT2D eigenvalue weighted by Gasteiger charge is 1.68. The SMILES string of the molecule is CC(C)C.CC(C)C.c1cnnnc1.c1ncncn1. The lowest BCUT2D eigenvalue weighted by atomic mass is 10.3. The number of hydrogen-bond acceptors (Lipinski definition) is 6. The maximum Gasteiger partial charge on any atom is 0.119 e. The van der Waals surface area contributed by atoms with Gasteiger partial charge in [-0.2, -0.15) is 0 Å². The van der Waals surface area contributed by atoms with Gasteiger partial charge < -0.3 is 0 Å². The molecular formula is C14H26N6. The van der Waals surface area contributed by atoms with Crippen LogP contribution in [0.1, 0.15) is 41.5 Å². The Kier molecular flexibility index (Phi) is 17.3. The Balaban J connectivity index is 0. The van der Waals surface area contributed by atoms with Crippen LogP contribution in [0.4, 0.5) is 0 Å². The molecule has 0 aliphatic rings. The van der Waals surface area contributed by atoms with Crippen molar-refractivity contribution in [3.8, 4) is 0 Å². The maximum absolute atomic E-state index is 3.56. The fourth-order valence-corrected chi connectivity index (χ4v) is 0.410. The Morgan fingerprint density at radius 1 is 0.600 bits per heavy atom. The van der Waals surface area contributed by atoms with Crippen molar-refractivity contribution in [1.82, 2.24) is 30.4 Å². The molecule has 0 radical (unpaired) electrons. The maximum atomic E-state index is 3.56. The predicted molar refractivity (Wildman–Crippen MR) is 80.7 cm³/mol. The average molecular weight is 278 g/mol. The van der Waals surface area contributed by atoms with Gasteiger partial charge in [0, 0.05) is 0 Å². The van der Waals surface area contributed by atoms with E-state index in [1.165, 1.54) is 19.0 Å². The van der Waals surface area contributed by atoms with Gasteiger partial charge in [-0.3, -0.25) is 0 Å². The molecule has 0 aromatic carbocycles. The first-order valence-corrected chi connectivity index (χ1v) is 6.60. The minimum atomic E-state index is 0.833. The molecule has 6 heteroatoms. The van der Waals surface area contributed by atoms with E-state index in [0.29, 0.717) is 0 Å². The van der Waals surface area contributed by atoms with E-state index in [1.54, 1.807) is 18.5 Å². The first kappa shape index (κ1) is 20.3. The number of hydrogen-bond donors (Lipinski definition) is 0. The normalized spacial score (nSPS) is 8.40. The topological polar surface area (TPSA) is 77.3 Å². The summed E-state index contributed by atoms with van der Waals surface area (Å²) in [6.07, 6.45) is 7.47. The van der Waals surface area contributed by atoms with E-state index in [4.69, 9.17) is 0 Å². The van der Waals surface area contributed by atoms with Crippen LogP contribution < -0.4 is 0 Å². The summed E-state index contributed by atoms with van der Waals surface area (Å²) in [5.41, 5.74) is 0. The third-order valence-electron chi connectivity index (χ3n) is 0.809. The first-order valence-electron chi connectivity index (χ1n) is 6.60. The van der Waals surface area contributed by atoms with Crippen LogP contribution in [0.5, 0.6) is 0 Å². The molecule has 0 saturated carbocycles. The summed E-state index contributed by atoms with van der Waals surface area (Å²) >= 11 is 0. The van der Waals surface area contributed by atoms with Crippen molar-refractivity contribution in [2.24, 2.45) is 11.8 Å². The first-order chi connectivity index (χ1) is 9.46. The lowest BCUT2D eigenvalue weighted by molar-refractivity contribution is 0.736. The van der Waals surface area contributed by atoms with E-state index < -0.39 is 0 Å². The molecule has 0 amide bonds. The van der Waals surface area contributed by atoms with Crippen LogP contribution in [0.15, 0.2) is 37.4 Å². The van der Waals surface area contributed by atoms with E-state index in [9.17, 15) is 0 Å². The standard InChI is InChI=1S/2C4H10.2C3H3N3/c2*1-4(2)3;1-4-2-6-3-5-1;1-2-4-6-5-3-1/h2*4H,1-3H3;2*1-3H. The van der Waals surface area contributed by atoms with Crippen molar-refractivity contribution in [1.29, 1.82) is 0 Å². The van der Waals surface area contributed by atoms with Gasteiger partial charge in [0.1, 0.15) is 19.0 Å². The van der Waals surface area contributed by atoms with Crippen molar-refractivity contribution in [3.63, 3.8) is 0 Å². The molecule has 0 spiro atoms. The molecule has 20 heavy (non-hydrogen) atoms. The molecule has 0 saturated heterocycles. The van der Waals surface area contributed by atoms with E-state index >= 15 is 0 Å². The Labute approximate surface area is 122 Å². The van der Waals surface area contributed by atoms with E-state index in [-0.39, 0.29) is 0 Å². The van der Waals surface area contributed by atoms with Crippen LogP contribution in [0.25, 0.3) is 0 Å². The fraction of sp³-hybridized carbons (Fsp3) is 0.571. The van der Waals surface area contributed by atoms with E-state index in [1.807, 2.05) is 0 Å². The summed E-state index contributed by atoms with van der Waals surface area (Å²) in [5.74, 6) is 1.67. The van der Waals surface area contributed by atoms with Gasteiger partial charge in [-0.05, 0) is 23.1 Å². The Morgan fingerprint density at radius 2 is 0.900 bits per heavy atom. The fourth-order valence-electron chi connectivity index (χ4n) is 0.410. The lowest BCUT2D eigenvalue weighted by Crippen LogP contribution is -1.78. The van der Waals surface area contributed by atoms with Crippen LogP contribution in [0.3, 0.4) is 0 Å². The van der Waals surface area contributed by atoms with Crippen LogP contribution >= 0.6 is 0 Å². The van der Waals surface area contributed by atoms with Crippen LogP contribution in [0.2, 0.25) is 0 Å². The van der Waals surface area contributed by atoms with Crippen molar-refractivity contribution in [2.45, 2.75) is 41.5 Å². The molecule has 0 aliphatic heterocycles. The Morgan fingerprint density at radius 3 is 1.00 bits per heavy atom. The molecule has 2 heterocycles. The smallest absolute Gasteiger partial charge is 0.119 e. The van der Waals surface area contributed by atoms with Crippen LogP contribution in [-0.2, 0) is 0 Å². The summed E-state index contributed by atoms with van der Waals surface area (Å²) in [6, 6.07) is 1.72. The monoisotopic (exact) mass is 278 g/mol. The van der Waals surface area contributed by atoms with Crippen molar-refractivity contribution in [3.05, 3.63) is 37.4 Å². The van der Waals surface area contributed by atoms with Gasteiger partial charge in [0.15, 0.2) is 0 Å². The second kappa shape index (κ2) is 17.0. The minimum absolute atomic E-state index is 0.833. The zero-order chi connectivity index (χ0) is 15.6. The summed E-state index contributed by atoms with van der Waals surface area (Å²) in [5, 5.41) is 10.1. The van der Waals surface area contributed by atoms with Crippen LogP contribution in [-0.4, -0.2) is 30.4 Å². The second-order valence-electron chi connectivity index (χ2n) is 5.07. The molecular weight excluding hydrogens is 252 g/mol. The largest absolute Gasteiger partial charge is 0.225 e. The second-order valence-corrected chi connectivity index (χ2v) is 5.07. The minimum Gasteiger partial charge on any atom is -0.225 e. The van der Waals surface area contributed by atoms with Gasteiger partial charge >= 0.3 is 0 Å². The quantitative estimate of drug-likeness (QED) is 0.737. The molecule has 2 rings (SSSR count). The highest BCUT2D eigenvalue weighted by molar-refractivity contribution is 4.69. The van der Waals surface area contributed by atoms with Gasteiger partial charge in [-0.1, -0.05) is 41.5 Å². The molecule has 0 N–H and O–H groups in total. The third-order valence-corrected chi connectivity index (χ3v) is 0.809. The highest BCUT2D eigenvalue weighted by Crippen LogP contribution is 1.81. The van der Waals surface area contributed by atoms with Crippen molar-refractivity contribution in [2.75, 3.05) is 0 Å². The molecule has 0 fully saturated rings. The molecule has 0 atom stereocenters. The summed E-state index contributed by atoms with van der Waals surface area (Å²) < 4.78 is 0.